The topological polar surface area (TPSA) is 15.3 Å². The lowest BCUT2D eigenvalue weighted by atomic mass is 10.1. The summed E-state index contributed by atoms with van der Waals surface area (Å²) in [5, 5.41) is 3.46. The normalized spacial score (nSPS) is 12.7. The van der Waals surface area contributed by atoms with E-state index in [0.29, 0.717) is 12.1 Å². The van der Waals surface area contributed by atoms with Gasteiger partial charge in [-0.3, -0.25) is 0 Å². The molecular formula is C18H32N2. The van der Waals surface area contributed by atoms with Crippen molar-refractivity contribution in [3.05, 3.63) is 29.8 Å². The first-order chi connectivity index (χ1) is 9.60. The highest BCUT2D eigenvalue weighted by Crippen LogP contribution is 2.21. The van der Waals surface area contributed by atoms with E-state index in [4.69, 9.17) is 0 Å². The number of nitrogens with zero attached hydrogens (tertiary/aromatic N) is 1. The fourth-order valence-corrected chi connectivity index (χ4v) is 2.60. The van der Waals surface area contributed by atoms with Crippen molar-refractivity contribution in [1.82, 2.24) is 5.32 Å². The van der Waals surface area contributed by atoms with Gasteiger partial charge < -0.3 is 10.2 Å². The van der Waals surface area contributed by atoms with Gasteiger partial charge in [-0.2, -0.15) is 0 Å². The van der Waals surface area contributed by atoms with Crippen molar-refractivity contribution < 1.29 is 0 Å². The van der Waals surface area contributed by atoms with E-state index in [1.807, 2.05) is 0 Å². The van der Waals surface area contributed by atoms with Gasteiger partial charge in [0.15, 0.2) is 0 Å². The third kappa shape index (κ3) is 5.16. The maximum atomic E-state index is 3.46. The molecule has 0 spiro atoms. The van der Waals surface area contributed by atoms with Crippen LogP contribution in [-0.4, -0.2) is 19.1 Å². The number of rotatable bonds is 9. The molecule has 20 heavy (non-hydrogen) atoms. The van der Waals surface area contributed by atoms with Crippen LogP contribution < -0.4 is 10.2 Å². The van der Waals surface area contributed by atoms with Crippen molar-refractivity contribution in [2.24, 2.45) is 0 Å². The molecule has 0 heterocycles. The molecule has 1 unspecified atom stereocenters. The molecule has 0 saturated carbocycles. The molecule has 0 saturated heterocycles. The van der Waals surface area contributed by atoms with Crippen LogP contribution in [-0.2, 0) is 0 Å². The van der Waals surface area contributed by atoms with Crippen molar-refractivity contribution >= 4 is 5.69 Å². The van der Waals surface area contributed by atoms with Crippen molar-refractivity contribution in [2.75, 3.05) is 18.0 Å². The van der Waals surface area contributed by atoms with E-state index >= 15 is 0 Å². The summed E-state index contributed by atoms with van der Waals surface area (Å²) in [7, 11) is 0. The second-order valence-electron chi connectivity index (χ2n) is 5.87. The maximum absolute atomic E-state index is 3.46. The average molecular weight is 276 g/mol. The van der Waals surface area contributed by atoms with E-state index in [1.54, 1.807) is 0 Å². The van der Waals surface area contributed by atoms with Gasteiger partial charge in [-0.15, -0.1) is 0 Å². The lowest BCUT2D eigenvalue weighted by molar-refractivity contribution is 0.597. The summed E-state index contributed by atoms with van der Waals surface area (Å²) in [6, 6.07) is 10.1. The number of nitrogens with one attached hydrogen (secondary N) is 1. The van der Waals surface area contributed by atoms with Gasteiger partial charge in [-0.05, 0) is 51.4 Å². The summed E-state index contributed by atoms with van der Waals surface area (Å²) in [5.74, 6) is 0. The molecule has 0 aliphatic carbocycles. The highest BCUT2D eigenvalue weighted by molar-refractivity contribution is 5.48. The van der Waals surface area contributed by atoms with E-state index in [-0.39, 0.29) is 0 Å². The zero-order chi connectivity index (χ0) is 15.0. The van der Waals surface area contributed by atoms with Crippen LogP contribution in [0.1, 0.15) is 65.5 Å². The van der Waals surface area contributed by atoms with E-state index in [1.165, 1.54) is 30.5 Å². The minimum absolute atomic E-state index is 0.432. The van der Waals surface area contributed by atoms with Gasteiger partial charge in [-0.25, -0.2) is 0 Å². The molecule has 1 atom stereocenters. The van der Waals surface area contributed by atoms with Crippen LogP contribution >= 0.6 is 0 Å². The van der Waals surface area contributed by atoms with Crippen molar-refractivity contribution in [2.45, 2.75) is 66.0 Å². The zero-order valence-electron chi connectivity index (χ0n) is 13.9. The molecule has 1 N–H and O–H groups in total. The average Bonchev–Trinajstić information content (AvgIpc) is 2.44. The van der Waals surface area contributed by atoms with Crippen molar-refractivity contribution in [3.63, 3.8) is 0 Å². The molecule has 1 rings (SSSR count). The lowest BCUT2D eigenvalue weighted by Gasteiger charge is -2.29. The molecule has 0 radical (unpaired) electrons. The fraction of sp³-hybridized carbons (Fsp3) is 0.667. The Balaban J connectivity index is 2.72. The van der Waals surface area contributed by atoms with Gasteiger partial charge in [0.1, 0.15) is 0 Å². The zero-order valence-corrected chi connectivity index (χ0v) is 13.9. The number of anilines is 1. The molecule has 114 valence electrons. The summed E-state index contributed by atoms with van der Waals surface area (Å²) in [6.07, 6.45) is 3.88. The predicted molar refractivity (Wildman–Crippen MR) is 90.5 cm³/mol. The Hall–Kier alpha value is -1.02. The Labute approximate surface area is 125 Å². The highest BCUT2D eigenvalue weighted by atomic mass is 15.1. The van der Waals surface area contributed by atoms with Gasteiger partial charge in [0.05, 0.1) is 0 Å². The third-order valence-corrected chi connectivity index (χ3v) is 3.86. The summed E-state index contributed by atoms with van der Waals surface area (Å²) >= 11 is 0. The van der Waals surface area contributed by atoms with E-state index in [2.05, 4.69) is 69.1 Å². The Bertz CT molecular complexity index is 356. The SMILES string of the molecule is CCCCCN(c1ccc(C(C)NCC)cc1)C(C)C. The quantitative estimate of drug-likeness (QED) is 0.654. The number of hydrogen-bond acceptors (Lipinski definition) is 2. The molecular weight excluding hydrogens is 244 g/mol. The van der Waals surface area contributed by atoms with E-state index < -0.39 is 0 Å². The van der Waals surface area contributed by atoms with Crippen molar-refractivity contribution in [3.8, 4) is 0 Å². The van der Waals surface area contributed by atoms with Crippen LogP contribution in [0.4, 0.5) is 5.69 Å². The Morgan fingerprint density at radius 2 is 1.65 bits per heavy atom. The summed E-state index contributed by atoms with van der Waals surface area (Å²) in [4.78, 5) is 2.51. The van der Waals surface area contributed by atoms with E-state index in [0.717, 1.165) is 13.1 Å². The molecule has 1 aromatic carbocycles. The first kappa shape index (κ1) is 17.0. The molecule has 2 nitrogen and oxygen atoms in total. The Kier molecular flexibility index (Phi) is 7.68. The monoisotopic (exact) mass is 276 g/mol. The first-order valence-corrected chi connectivity index (χ1v) is 8.20. The van der Waals surface area contributed by atoms with Gasteiger partial charge in [0.2, 0.25) is 0 Å². The molecule has 0 amide bonds. The van der Waals surface area contributed by atoms with Crippen LogP contribution in [0, 0.1) is 0 Å². The number of benzene rings is 1. The predicted octanol–water partition coefficient (Wildman–Crippen LogP) is 4.76. The minimum atomic E-state index is 0.432. The van der Waals surface area contributed by atoms with E-state index in [9.17, 15) is 0 Å². The summed E-state index contributed by atoms with van der Waals surface area (Å²) in [6.45, 7) is 13.4. The van der Waals surface area contributed by atoms with Gasteiger partial charge in [-0.1, -0.05) is 38.8 Å². The van der Waals surface area contributed by atoms with Gasteiger partial charge >= 0.3 is 0 Å². The molecule has 1 aromatic rings. The van der Waals surface area contributed by atoms with Crippen molar-refractivity contribution in [1.29, 1.82) is 0 Å². The summed E-state index contributed by atoms with van der Waals surface area (Å²) < 4.78 is 0. The second kappa shape index (κ2) is 9.02. The van der Waals surface area contributed by atoms with Gasteiger partial charge in [0.25, 0.3) is 0 Å². The third-order valence-electron chi connectivity index (χ3n) is 3.86. The van der Waals surface area contributed by atoms with Crippen LogP contribution in [0.2, 0.25) is 0 Å². The van der Waals surface area contributed by atoms with Crippen LogP contribution in [0.5, 0.6) is 0 Å². The first-order valence-electron chi connectivity index (χ1n) is 8.20. The maximum Gasteiger partial charge on any atom is 0.0368 e. The second-order valence-corrected chi connectivity index (χ2v) is 5.87. The number of hydrogen-bond donors (Lipinski definition) is 1. The smallest absolute Gasteiger partial charge is 0.0368 e. The van der Waals surface area contributed by atoms with Crippen LogP contribution in [0.3, 0.4) is 0 Å². The lowest BCUT2D eigenvalue weighted by Crippen LogP contribution is -2.31. The minimum Gasteiger partial charge on any atom is -0.369 e. The molecule has 0 aromatic heterocycles. The Morgan fingerprint density at radius 1 is 1.00 bits per heavy atom. The highest BCUT2D eigenvalue weighted by Gasteiger charge is 2.11. The standard InChI is InChI=1S/C18H32N2/c1-6-8-9-14-20(15(3)4)18-12-10-17(11-13-18)16(5)19-7-2/h10-13,15-16,19H,6-9,14H2,1-5H3. The van der Waals surface area contributed by atoms with Crippen LogP contribution in [0.25, 0.3) is 0 Å². The molecule has 0 aliphatic rings. The molecule has 2 heteroatoms. The molecule has 0 bridgehead atoms. The largest absolute Gasteiger partial charge is 0.369 e. The Morgan fingerprint density at radius 3 is 2.15 bits per heavy atom. The van der Waals surface area contributed by atoms with Crippen LogP contribution in [0.15, 0.2) is 24.3 Å². The molecule has 0 fully saturated rings. The fourth-order valence-electron chi connectivity index (χ4n) is 2.60. The van der Waals surface area contributed by atoms with Gasteiger partial charge in [0, 0.05) is 24.3 Å². The summed E-state index contributed by atoms with van der Waals surface area (Å²) in [5.41, 5.74) is 2.72. The number of unbranched alkanes of at least 4 members (excludes halogenated alkanes) is 2. The molecule has 0 aliphatic heterocycles.